The molecule has 1 atom stereocenters. The molecule has 2 fully saturated rings. The third-order valence-corrected chi connectivity index (χ3v) is 5.35. The van der Waals surface area contributed by atoms with Crippen LogP contribution in [0.25, 0.3) is 0 Å². The van der Waals surface area contributed by atoms with E-state index in [1.807, 2.05) is 0 Å². The molecule has 0 radical (unpaired) electrons. The second kappa shape index (κ2) is 4.94. The van der Waals surface area contributed by atoms with Gasteiger partial charge >= 0.3 is 0 Å². The lowest BCUT2D eigenvalue weighted by molar-refractivity contribution is 0.388. The van der Waals surface area contributed by atoms with Crippen LogP contribution >= 0.6 is 0 Å². The molecular formula is C18H25N. The zero-order valence-electron chi connectivity index (χ0n) is 11.8. The molecule has 2 saturated carbocycles. The summed E-state index contributed by atoms with van der Waals surface area (Å²) in [6.07, 6.45) is 9.98. The minimum absolute atomic E-state index is 0.768. The van der Waals surface area contributed by atoms with Gasteiger partial charge in [-0.25, -0.2) is 0 Å². The quantitative estimate of drug-likeness (QED) is 0.842. The Morgan fingerprint density at radius 2 is 1.74 bits per heavy atom. The van der Waals surface area contributed by atoms with Gasteiger partial charge in [-0.1, -0.05) is 24.3 Å². The maximum Gasteiger partial charge on any atom is 0.0124 e. The molecule has 0 amide bonds. The molecule has 1 heteroatoms. The molecule has 0 bridgehead atoms. The van der Waals surface area contributed by atoms with Gasteiger partial charge in [-0.3, -0.25) is 0 Å². The normalized spacial score (nSPS) is 26.5. The minimum Gasteiger partial charge on any atom is -0.313 e. The fourth-order valence-corrected chi connectivity index (χ4v) is 3.97. The van der Waals surface area contributed by atoms with Gasteiger partial charge in [0.2, 0.25) is 0 Å². The molecule has 3 aliphatic carbocycles. The van der Waals surface area contributed by atoms with Crippen LogP contribution < -0.4 is 5.32 Å². The lowest BCUT2D eigenvalue weighted by Crippen LogP contribution is -2.36. The Balaban J connectivity index is 1.42. The Kier molecular flexibility index (Phi) is 3.11. The van der Waals surface area contributed by atoms with E-state index < -0.39 is 0 Å². The minimum atomic E-state index is 0.768. The Bertz CT molecular complexity index is 433. The maximum atomic E-state index is 3.95. The highest BCUT2D eigenvalue weighted by Crippen LogP contribution is 2.44. The van der Waals surface area contributed by atoms with Crippen molar-refractivity contribution in [1.82, 2.24) is 5.32 Å². The summed E-state index contributed by atoms with van der Waals surface area (Å²) in [5, 5.41) is 3.95. The van der Waals surface area contributed by atoms with E-state index in [4.69, 9.17) is 0 Å². The third-order valence-electron chi connectivity index (χ3n) is 5.35. The molecule has 0 aromatic heterocycles. The Morgan fingerprint density at radius 1 is 1.00 bits per heavy atom. The van der Waals surface area contributed by atoms with Crippen LogP contribution in [0.5, 0.6) is 0 Å². The summed E-state index contributed by atoms with van der Waals surface area (Å²) in [5.41, 5.74) is 3.24. The molecule has 1 nitrogen and oxygen atoms in total. The van der Waals surface area contributed by atoms with Crippen molar-refractivity contribution >= 4 is 0 Å². The van der Waals surface area contributed by atoms with Crippen molar-refractivity contribution in [3.63, 3.8) is 0 Å². The van der Waals surface area contributed by atoms with Crippen molar-refractivity contribution < 1.29 is 0 Å². The smallest absolute Gasteiger partial charge is 0.0124 e. The van der Waals surface area contributed by atoms with Crippen LogP contribution in [0.2, 0.25) is 0 Å². The van der Waals surface area contributed by atoms with Crippen molar-refractivity contribution in [3.05, 3.63) is 35.4 Å². The number of nitrogens with one attached hydrogen (secondary N) is 1. The molecule has 4 rings (SSSR count). The van der Waals surface area contributed by atoms with Gasteiger partial charge in [0, 0.05) is 12.6 Å². The summed E-state index contributed by atoms with van der Waals surface area (Å²) in [6.45, 7) is 1.22. The number of benzene rings is 1. The summed E-state index contributed by atoms with van der Waals surface area (Å²) in [5.74, 6) is 2.81. The monoisotopic (exact) mass is 255 g/mol. The highest BCUT2D eigenvalue weighted by atomic mass is 14.9. The average Bonchev–Trinajstić information content (AvgIpc) is 3.33. The number of fused-ring (bicyclic) bond motifs is 1. The van der Waals surface area contributed by atoms with E-state index in [-0.39, 0.29) is 0 Å². The zero-order valence-corrected chi connectivity index (χ0v) is 11.8. The molecule has 1 aromatic rings. The molecule has 3 aliphatic rings. The lowest BCUT2D eigenvalue weighted by atomic mass is 9.82. The van der Waals surface area contributed by atoms with Gasteiger partial charge in [-0.05, 0) is 73.8 Å². The van der Waals surface area contributed by atoms with Crippen LogP contribution in [0.4, 0.5) is 0 Å². The third kappa shape index (κ3) is 2.58. The second-order valence-corrected chi connectivity index (χ2v) is 6.90. The number of hydrogen-bond donors (Lipinski definition) is 1. The first kappa shape index (κ1) is 12.0. The lowest BCUT2D eigenvalue weighted by Gasteiger charge is -2.28. The largest absolute Gasteiger partial charge is 0.313 e. The molecule has 102 valence electrons. The number of rotatable bonds is 5. The predicted molar refractivity (Wildman–Crippen MR) is 79.4 cm³/mol. The van der Waals surface area contributed by atoms with E-state index in [2.05, 4.69) is 29.6 Å². The summed E-state index contributed by atoms with van der Waals surface area (Å²) in [7, 11) is 0. The van der Waals surface area contributed by atoms with Crippen molar-refractivity contribution in [1.29, 1.82) is 0 Å². The van der Waals surface area contributed by atoms with Gasteiger partial charge in [0.1, 0.15) is 0 Å². The van der Waals surface area contributed by atoms with E-state index in [1.54, 1.807) is 11.1 Å². The molecule has 1 aromatic carbocycles. The highest BCUT2D eigenvalue weighted by molar-refractivity contribution is 5.32. The molecule has 1 unspecified atom stereocenters. The molecule has 0 aliphatic heterocycles. The Morgan fingerprint density at radius 3 is 2.47 bits per heavy atom. The highest BCUT2D eigenvalue weighted by Gasteiger charge is 2.41. The van der Waals surface area contributed by atoms with Gasteiger partial charge in [-0.15, -0.1) is 0 Å². The molecule has 0 heterocycles. The van der Waals surface area contributed by atoms with Gasteiger partial charge in [-0.2, -0.15) is 0 Å². The molecule has 0 saturated heterocycles. The average molecular weight is 255 g/mol. The van der Waals surface area contributed by atoms with Crippen molar-refractivity contribution in [2.45, 2.75) is 56.9 Å². The number of hydrogen-bond acceptors (Lipinski definition) is 1. The van der Waals surface area contributed by atoms with Crippen molar-refractivity contribution in [2.24, 2.45) is 11.8 Å². The van der Waals surface area contributed by atoms with Crippen molar-refractivity contribution in [3.8, 4) is 0 Å². The molecule has 0 spiro atoms. The molecule has 19 heavy (non-hydrogen) atoms. The summed E-state index contributed by atoms with van der Waals surface area (Å²) in [4.78, 5) is 0. The predicted octanol–water partition coefficient (Wildman–Crippen LogP) is 3.88. The summed E-state index contributed by atoms with van der Waals surface area (Å²) in [6, 6.07) is 9.97. The molecular weight excluding hydrogens is 230 g/mol. The van der Waals surface area contributed by atoms with Gasteiger partial charge in [0.25, 0.3) is 0 Å². The SMILES string of the molecule is c1ccc2c(c1)CCCC2CNC(C1CC1)C1CC1. The van der Waals surface area contributed by atoms with E-state index in [9.17, 15) is 0 Å². The van der Waals surface area contributed by atoms with Gasteiger partial charge < -0.3 is 5.32 Å². The standard InChI is InChI=1S/C18H25N/c1-2-7-17-13(4-1)5-3-6-16(17)12-19-18(14-8-9-14)15-10-11-15/h1-2,4,7,14-16,18-19H,3,5-6,8-12H2. The Labute approximate surface area is 116 Å². The van der Waals surface area contributed by atoms with Crippen molar-refractivity contribution in [2.75, 3.05) is 6.54 Å². The Hall–Kier alpha value is -0.820. The topological polar surface area (TPSA) is 12.0 Å². The van der Waals surface area contributed by atoms with Crippen LogP contribution in [-0.2, 0) is 6.42 Å². The van der Waals surface area contributed by atoms with Gasteiger partial charge in [0.05, 0.1) is 0 Å². The van der Waals surface area contributed by atoms with E-state index in [0.717, 1.165) is 23.8 Å². The van der Waals surface area contributed by atoms with Crippen LogP contribution in [0.15, 0.2) is 24.3 Å². The summed E-state index contributed by atoms with van der Waals surface area (Å²) >= 11 is 0. The van der Waals surface area contributed by atoms with E-state index in [0.29, 0.717) is 0 Å². The van der Waals surface area contributed by atoms with Crippen LogP contribution in [0.3, 0.4) is 0 Å². The zero-order chi connectivity index (χ0) is 12.7. The second-order valence-electron chi connectivity index (χ2n) is 6.90. The van der Waals surface area contributed by atoms with Gasteiger partial charge in [0.15, 0.2) is 0 Å². The summed E-state index contributed by atoms with van der Waals surface area (Å²) < 4.78 is 0. The van der Waals surface area contributed by atoms with E-state index in [1.165, 1.54) is 51.5 Å². The van der Waals surface area contributed by atoms with Crippen LogP contribution in [-0.4, -0.2) is 12.6 Å². The molecule has 1 N–H and O–H groups in total. The van der Waals surface area contributed by atoms with Crippen LogP contribution in [0.1, 0.15) is 55.6 Å². The first-order valence-corrected chi connectivity index (χ1v) is 8.23. The maximum absolute atomic E-state index is 3.95. The van der Waals surface area contributed by atoms with Crippen LogP contribution in [0, 0.1) is 11.8 Å². The first-order chi connectivity index (χ1) is 9.42. The fraction of sp³-hybridized carbons (Fsp3) is 0.667. The fourth-order valence-electron chi connectivity index (χ4n) is 3.97. The first-order valence-electron chi connectivity index (χ1n) is 8.23. The van der Waals surface area contributed by atoms with E-state index >= 15 is 0 Å². The number of aryl methyl sites for hydroxylation is 1.